The summed E-state index contributed by atoms with van der Waals surface area (Å²) in [6, 6.07) is 14.0. The molecule has 1 aromatic heterocycles. The molecule has 1 unspecified atom stereocenters. The minimum absolute atomic E-state index is 0.106. The van der Waals surface area contributed by atoms with E-state index in [-0.39, 0.29) is 17.5 Å². The summed E-state index contributed by atoms with van der Waals surface area (Å²) in [6.07, 6.45) is 2.65. The van der Waals surface area contributed by atoms with Crippen molar-refractivity contribution in [1.82, 2.24) is 19.8 Å². The molecular formula is C23H24N4O4. The Labute approximate surface area is 179 Å². The zero-order valence-electron chi connectivity index (χ0n) is 17.3. The van der Waals surface area contributed by atoms with Crippen LogP contribution in [0.25, 0.3) is 16.6 Å². The van der Waals surface area contributed by atoms with Gasteiger partial charge in [0.25, 0.3) is 11.5 Å². The van der Waals surface area contributed by atoms with Crippen LogP contribution in [0.2, 0.25) is 0 Å². The van der Waals surface area contributed by atoms with Crippen molar-refractivity contribution < 1.29 is 14.3 Å². The van der Waals surface area contributed by atoms with Crippen LogP contribution in [0.4, 0.5) is 4.79 Å². The third kappa shape index (κ3) is 4.42. The van der Waals surface area contributed by atoms with E-state index in [0.717, 1.165) is 12.8 Å². The Morgan fingerprint density at radius 2 is 1.94 bits per heavy atom. The molecule has 4 rings (SSSR count). The van der Waals surface area contributed by atoms with Crippen molar-refractivity contribution in [1.29, 1.82) is 0 Å². The summed E-state index contributed by atoms with van der Waals surface area (Å²) in [5.74, 6) is -0.106. The molecule has 1 aliphatic rings. The number of nitrogens with zero attached hydrogens (tertiary/aromatic N) is 3. The number of carbonyl (C=O) groups is 2. The number of alkyl carbamates (subject to hydrolysis) is 1. The molecule has 160 valence electrons. The minimum Gasteiger partial charge on any atom is -0.450 e. The SMILES string of the molecule is CCOC(=O)NC1CCCN(C(=O)c2ccc(-n3cnc4ccccc4c3=O)cc2)C1. The van der Waals surface area contributed by atoms with Crippen molar-refractivity contribution in [2.45, 2.75) is 25.8 Å². The molecule has 31 heavy (non-hydrogen) atoms. The van der Waals surface area contributed by atoms with Gasteiger partial charge in [0.05, 0.1) is 23.2 Å². The van der Waals surface area contributed by atoms with E-state index in [0.29, 0.717) is 41.9 Å². The molecule has 0 radical (unpaired) electrons. The van der Waals surface area contributed by atoms with Crippen LogP contribution in [0.3, 0.4) is 0 Å². The average molecular weight is 420 g/mol. The van der Waals surface area contributed by atoms with Gasteiger partial charge in [-0.15, -0.1) is 0 Å². The predicted molar refractivity (Wildman–Crippen MR) is 116 cm³/mol. The summed E-state index contributed by atoms with van der Waals surface area (Å²) in [6.45, 7) is 3.13. The van der Waals surface area contributed by atoms with E-state index in [1.807, 2.05) is 6.07 Å². The molecule has 0 spiro atoms. The number of rotatable bonds is 4. The Hall–Kier alpha value is -3.68. The fraction of sp³-hybridized carbons (Fsp3) is 0.304. The highest BCUT2D eigenvalue weighted by atomic mass is 16.5. The molecule has 3 aromatic rings. The zero-order chi connectivity index (χ0) is 21.8. The Balaban J connectivity index is 1.49. The van der Waals surface area contributed by atoms with Gasteiger partial charge in [0.1, 0.15) is 6.33 Å². The normalized spacial score (nSPS) is 16.2. The van der Waals surface area contributed by atoms with Crippen molar-refractivity contribution >= 4 is 22.9 Å². The second-order valence-corrected chi connectivity index (χ2v) is 7.44. The second-order valence-electron chi connectivity index (χ2n) is 7.44. The average Bonchev–Trinajstić information content (AvgIpc) is 2.79. The molecule has 2 heterocycles. The summed E-state index contributed by atoms with van der Waals surface area (Å²) >= 11 is 0. The smallest absolute Gasteiger partial charge is 0.407 e. The van der Waals surface area contributed by atoms with Crippen LogP contribution in [-0.4, -0.2) is 52.2 Å². The highest BCUT2D eigenvalue weighted by molar-refractivity contribution is 5.94. The predicted octanol–water partition coefficient (Wildman–Crippen LogP) is 2.74. The lowest BCUT2D eigenvalue weighted by molar-refractivity contribution is 0.0686. The van der Waals surface area contributed by atoms with Gasteiger partial charge >= 0.3 is 6.09 Å². The third-order valence-electron chi connectivity index (χ3n) is 5.36. The second kappa shape index (κ2) is 8.99. The lowest BCUT2D eigenvalue weighted by atomic mass is 10.0. The van der Waals surface area contributed by atoms with E-state index in [9.17, 15) is 14.4 Å². The Kier molecular flexibility index (Phi) is 5.97. The van der Waals surface area contributed by atoms with E-state index >= 15 is 0 Å². The van der Waals surface area contributed by atoms with Gasteiger partial charge < -0.3 is 15.0 Å². The molecule has 1 fully saturated rings. The lowest BCUT2D eigenvalue weighted by Crippen LogP contribution is -2.49. The number of nitrogens with one attached hydrogen (secondary N) is 1. The summed E-state index contributed by atoms with van der Waals surface area (Å²) in [7, 11) is 0. The fourth-order valence-corrected chi connectivity index (χ4v) is 3.82. The molecule has 2 amide bonds. The Morgan fingerprint density at radius 3 is 2.71 bits per heavy atom. The number of ether oxygens (including phenoxy) is 1. The number of fused-ring (bicyclic) bond motifs is 1. The highest BCUT2D eigenvalue weighted by Crippen LogP contribution is 2.16. The van der Waals surface area contributed by atoms with Gasteiger partial charge in [-0.05, 0) is 56.2 Å². The van der Waals surface area contributed by atoms with Crippen LogP contribution in [0.5, 0.6) is 0 Å². The van der Waals surface area contributed by atoms with Crippen molar-refractivity contribution in [3.8, 4) is 5.69 Å². The molecule has 1 aliphatic heterocycles. The maximum atomic E-state index is 12.9. The molecular weight excluding hydrogens is 396 g/mol. The number of hydrogen-bond acceptors (Lipinski definition) is 5. The van der Waals surface area contributed by atoms with E-state index in [1.54, 1.807) is 54.3 Å². The largest absolute Gasteiger partial charge is 0.450 e. The topological polar surface area (TPSA) is 93.5 Å². The summed E-state index contributed by atoms with van der Waals surface area (Å²) < 4.78 is 6.40. The Bertz CT molecular complexity index is 1160. The van der Waals surface area contributed by atoms with Gasteiger partial charge in [0.15, 0.2) is 0 Å². The molecule has 0 aliphatic carbocycles. The Morgan fingerprint density at radius 1 is 1.16 bits per heavy atom. The zero-order valence-corrected chi connectivity index (χ0v) is 17.3. The van der Waals surface area contributed by atoms with Gasteiger partial charge in [0.2, 0.25) is 0 Å². The van der Waals surface area contributed by atoms with Crippen LogP contribution in [0.1, 0.15) is 30.1 Å². The summed E-state index contributed by atoms with van der Waals surface area (Å²) in [4.78, 5) is 43.5. The van der Waals surface area contributed by atoms with Gasteiger partial charge in [-0.1, -0.05) is 12.1 Å². The number of piperidine rings is 1. The van der Waals surface area contributed by atoms with E-state index in [1.165, 1.54) is 10.9 Å². The molecule has 0 saturated carbocycles. The third-order valence-corrected chi connectivity index (χ3v) is 5.36. The highest BCUT2D eigenvalue weighted by Gasteiger charge is 2.25. The van der Waals surface area contributed by atoms with Crippen LogP contribution in [-0.2, 0) is 4.74 Å². The van der Waals surface area contributed by atoms with Crippen molar-refractivity contribution in [3.05, 3.63) is 70.8 Å². The van der Waals surface area contributed by atoms with Gasteiger partial charge in [-0.2, -0.15) is 0 Å². The van der Waals surface area contributed by atoms with E-state index < -0.39 is 6.09 Å². The maximum Gasteiger partial charge on any atom is 0.407 e. The number of benzene rings is 2. The van der Waals surface area contributed by atoms with Crippen LogP contribution < -0.4 is 10.9 Å². The minimum atomic E-state index is -0.458. The first-order valence-electron chi connectivity index (χ1n) is 10.4. The first kappa shape index (κ1) is 20.6. The number of amides is 2. The van der Waals surface area contributed by atoms with Gasteiger partial charge in [0, 0.05) is 24.7 Å². The first-order valence-corrected chi connectivity index (χ1v) is 10.4. The van der Waals surface area contributed by atoms with Gasteiger partial charge in [-0.25, -0.2) is 9.78 Å². The van der Waals surface area contributed by atoms with E-state index in [4.69, 9.17) is 4.74 Å². The molecule has 2 aromatic carbocycles. The molecule has 8 nitrogen and oxygen atoms in total. The first-order chi connectivity index (χ1) is 15.1. The van der Waals surface area contributed by atoms with Crippen LogP contribution in [0, 0.1) is 0 Å². The molecule has 1 N–H and O–H groups in total. The standard InChI is InChI=1S/C23H24N4O4/c1-2-31-23(30)25-17-6-5-13-26(14-17)21(28)16-9-11-18(12-10-16)27-15-24-20-8-4-3-7-19(20)22(27)29/h3-4,7-12,15,17H,2,5-6,13-14H2,1H3,(H,25,30). The molecule has 8 heteroatoms. The summed E-state index contributed by atoms with van der Waals surface area (Å²) in [5, 5.41) is 3.35. The van der Waals surface area contributed by atoms with Crippen molar-refractivity contribution in [2.75, 3.05) is 19.7 Å². The quantitative estimate of drug-likeness (QED) is 0.701. The molecule has 1 saturated heterocycles. The number of para-hydroxylation sites is 1. The number of hydrogen-bond donors (Lipinski definition) is 1. The van der Waals surface area contributed by atoms with Crippen LogP contribution >= 0.6 is 0 Å². The van der Waals surface area contributed by atoms with Crippen molar-refractivity contribution in [3.63, 3.8) is 0 Å². The van der Waals surface area contributed by atoms with Crippen LogP contribution in [0.15, 0.2) is 59.7 Å². The number of aromatic nitrogens is 2. The van der Waals surface area contributed by atoms with Gasteiger partial charge in [-0.3, -0.25) is 14.2 Å². The summed E-state index contributed by atoms with van der Waals surface area (Å²) in [5.41, 5.74) is 1.66. The molecule has 1 atom stereocenters. The monoisotopic (exact) mass is 420 g/mol. The lowest BCUT2D eigenvalue weighted by Gasteiger charge is -2.33. The number of likely N-dealkylation sites (tertiary alicyclic amines) is 1. The maximum absolute atomic E-state index is 12.9. The fourth-order valence-electron chi connectivity index (χ4n) is 3.82. The molecule has 0 bridgehead atoms. The number of carbonyl (C=O) groups excluding carboxylic acids is 2. The van der Waals surface area contributed by atoms with E-state index in [2.05, 4.69) is 10.3 Å². The van der Waals surface area contributed by atoms with Crippen molar-refractivity contribution in [2.24, 2.45) is 0 Å².